The van der Waals surface area contributed by atoms with E-state index in [4.69, 9.17) is 0 Å². The molecular weight excluding hydrogens is 260 g/mol. The summed E-state index contributed by atoms with van der Waals surface area (Å²) in [6.07, 6.45) is 0. The number of carbonyl (C=O) groups is 1. The Balaban J connectivity index is 2.26. The predicted octanol–water partition coefficient (Wildman–Crippen LogP) is 1.75. The van der Waals surface area contributed by atoms with E-state index < -0.39 is 10.5 Å². The van der Waals surface area contributed by atoms with Gasteiger partial charge in [-0.2, -0.15) is 0 Å². The summed E-state index contributed by atoms with van der Waals surface area (Å²) in [5.41, 5.74) is -0.380. The highest BCUT2D eigenvalue weighted by atomic mass is 16.6. The summed E-state index contributed by atoms with van der Waals surface area (Å²) in [5.74, 6) is -0.349. The molecule has 1 aromatic rings. The van der Waals surface area contributed by atoms with Gasteiger partial charge < -0.3 is 10.0 Å². The first-order chi connectivity index (χ1) is 9.26. The fourth-order valence-electron chi connectivity index (χ4n) is 2.36. The van der Waals surface area contributed by atoms with E-state index in [-0.39, 0.29) is 36.2 Å². The normalized spacial score (nSPS) is 16.9. The van der Waals surface area contributed by atoms with Crippen molar-refractivity contribution in [3.63, 3.8) is 0 Å². The van der Waals surface area contributed by atoms with E-state index in [9.17, 15) is 20.0 Å². The fourth-order valence-corrected chi connectivity index (χ4v) is 2.36. The van der Waals surface area contributed by atoms with Crippen molar-refractivity contribution >= 4 is 11.6 Å². The molecule has 1 fully saturated rings. The van der Waals surface area contributed by atoms with Crippen LogP contribution in [0.15, 0.2) is 18.2 Å². The third-order valence-electron chi connectivity index (χ3n) is 3.95. The van der Waals surface area contributed by atoms with Crippen LogP contribution in [0, 0.1) is 23.0 Å². The Bertz CT molecular complexity index is 562. The second kappa shape index (κ2) is 4.86. The topological polar surface area (TPSA) is 83.7 Å². The highest BCUT2D eigenvalue weighted by Crippen LogP contribution is 2.32. The molecule has 1 heterocycles. The Hall–Kier alpha value is -1.95. The van der Waals surface area contributed by atoms with Crippen molar-refractivity contribution in [3.05, 3.63) is 39.4 Å². The number of aryl methyl sites for hydroxylation is 1. The number of nitro groups is 1. The molecule has 1 amide bonds. The van der Waals surface area contributed by atoms with Crippen LogP contribution in [0.1, 0.15) is 29.8 Å². The summed E-state index contributed by atoms with van der Waals surface area (Å²) in [4.78, 5) is 24.3. The zero-order chi connectivity index (χ0) is 15.1. The third kappa shape index (κ3) is 2.27. The predicted molar refractivity (Wildman–Crippen MR) is 73.5 cm³/mol. The number of amides is 1. The van der Waals surface area contributed by atoms with Gasteiger partial charge in [-0.1, -0.05) is 26.0 Å². The molecule has 0 bridgehead atoms. The van der Waals surface area contributed by atoms with Gasteiger partial charge in [-0.3, -0.25) is 14.9 Å². The van der Waals surface area contributed by atoms with Gasteiger partial charge in [0.2, 0.25) is 0 Å². The minimum atomic E-state index is -0.882. The van der Waals surface area contributed by atoms with E-state index in [1.54, 1.807) is 19.1 Å². The number of hydrogen-bond donors (Lipinski definition) is 1. The molecule has 0 aromatic heterocycles. The molecule has 0 spiro atoms. The molecule has 0 saturated carbocycles. The van der Waals surface area contributed by atoms with Crippen molar-refractivity contribution in [1.82, 2.24) is 4.90 Å². The van der Waals surface area contributed by atoms with Gasteiger partial charge in [0.05, 0.1) is 18.0 Å². The highest BCUT2D eigenvalue weighted by molar-refractivity contribution is 6.00. The lowest BCUT2D eigenvalue weighted by Gasteiger charge is -2.49. The number of carbonyl (C=O) groups excluding carboxylic acids is 1. The van der Waals surface area contributed by atoms with Crippen molar-refractivity contribution in [2.45, 2.75) is 26.4 Å². The zero-order valence-electron chi connectivity index (χ0n) is 11.8. The summed E-state index contributed by atoms with van der Waals surface area (Å²) in [6.45, 7) is 5.88. The van der Waals surface area contributed by atoms with Crippen LogP contribution in [0.4, 0.5) is 5.69 Å². The first-order valence-electron chi connectivity index (χ1n) is 6.52. The summed E-state index contributed by atoms with van der Waals surface area (Å²) in [7, 11) is 0. The largest absolute Gasteiger partial charge is 0.386 e. The number of β-amino-alcohol motifs (C(OH)–C–C–N with tert-alkyl or cyclic N) is 1. The Morgan fingerprint density at radius 3 is 2.55 bits per heavy atom. The molecule has 1 saturated heterocycles. The SMILES string of the molecule is Cc1cccc([N+](=O)[O-])c1C(=O)N1CC(O)(C(C)C)C1. The molecule has 0 unspecified atom stereocenters. The lowest BCUT2D eigenvalue weighted by atomic mass is 9.82. The van der Waals surface area contributed by atoms with Crippen LogP contribution >= 0.6 is 0 Å². The Morgan fingerprint density at radius 2 is 2.05 bits per heavy atom. The van der Waals surface area contributed by atoms with E-state index in [2.05, 4.69) is 0 Å². The van der Waals surface area contributed by atoms with Crippen LogP contribution in [-0.2, 0) is 0 Å². The number of aliphatic hydroxyl groups is 1. The van der Waals surface area contributed by atoms with Crippen molar-refractivity contribution in [3.8, 4) is 0 Å². The molecule has 1 aliphatic rings. The minimum Gasteiger partial charge on any atom is -0.386 e. The quantitative estimate of drug-likeness (QED) is 0.674. The highest BCUT2D eigenvalue weighted by Gasteiger charge is 2.47. The Labute approximate surface area is 117 Å². The zero-order valence-corrected chi connectivity index (χ0v) is 11.8. The van der Waals surface area contributed by atoms with Crippen LogP contribution in [0.25, 0.3) is 0 Å². The summed E-state index contributed by atoms with van der Waals surface area (Å²) in [5, 5.41) is 21.2. The average molecular weight is 278 g/mol. The Kier molecular flexibility index (Phi) is 3.52. The monoisotopic (exact) mass is 278 g/mol. The van der Waals surface area contributed by atoms with Crippen LogP contribution in [0.5, 0.6) is 0 Å². The molecular formula is C14H18N2O4. The van der Waals surface area contributed by atoms with Crippen LogP contribution in [0.2, 0.25) is 0 Å². The van der Waals surface area contributed by atoms with E-state index in [1.807, 2.05) is 13.8 Å². The van der Waals surface area contributed by atoms with Crippen LogP contribution < -0.4 is 0 Å². The van der Waals surface area contributed by atoms with E-state index in [0.717, 1.165) is 0 Å². The lowest BCUT2D eigenvalue weighted by molar-refractivity contribution is -0.385. The lowest BCUT2D eigenvalue weighted by Crippen LogP contribution is -2.66. The van der Waals surface area contributed by atoms with Gasteiger partial charge in [0.15, 0.2) is 0 Å². The number of hydrogen-bond acceptors (Lipinski definition) is 4. The van der Waals surface area contributed by atoms with Gasteiger partial charge in [0, 0.05) is 6.07 Å². The maximum Gasteiger partial charge on any atom is 0.282 e. The molecule has 108 valence electrons. The van der Waals surface area contributed by atoms with Crippen molar-refractivity contribution in [1.29, 1.82) is 0 Å². The molecule has 0 aliphatic carbocycles. The minimum absolute atomic E-state index is 0.0402. The number of benzene rings is 1. The number of rotatable bonds is 3. The van der Waals surface area contributed by atoms with Gasteiger partial charge in [-0.25, -0.2) is 0 Å². The fraction of sp³-hybridized carbons (Fsp3) is 0.500. The van der Waals surface area contributed by atoms with Crippen molar-refractivity contribution in [2.24, 2.45) is 5.92 Å². The van der Waals surface area contributed by atoms with Gasteiger partial charge in [0.1, 0.15) is 11.2 Å². The van der Waals surface area contributed by atoms with E-state index in [1.165, 1.54) is 11.0 Å². The standard InChI is InChI=1S/C14H18N2O4/c1-9(2)14(18)7-15(8-14)13(17)12-10(3)5-4-6-11(12)16(19)20/h4-6,9,18H,7-8H2,1-3H3. The summed E-state index contributed by atoms with van der Waals surface area (Å²) in [6, 6.07) is 4.56. The second-order valence-corrected chi connectivity index (χ2v) is 5.65. The van der Waals surface area contributed by atoms with Crippen LogP contribution in [-0.4, -0.2) is 39.5 Å². The third-order valence-corrected chi connectivity index (χ3v) is 3.95. The van der Waals surface area contributed by atoms with Gasteiger partial charge >= 0.3 is 0 Å². The summed E-state index contributed by atoms with van der Waals surface area (Å²) >= 11 is 0. The smallest absolute Gasteiger partial charge is 0.282 e. The van der Waals surface area contributed by atoms with Crippen molar-refractivity contribution in [2.75, 3.05) is 13.1 Å². The first-order valence-corrected chi connectivity index (χ1v) is 6.52. The van der Waals surface area contributed by atoms with E-state index in [0.29, 0.717) is 5.56 Å². The molecule has 0 radical (unpaired) electrons. The maximum absolute atomic E-state index is 12.4. The van der Waals surface area contributed by atoms with E-state index >= 15 is 0 Å². The van der Waals surface area contributed by atoms with Crippen molar-refractivity contribution < 1.29 is 14.8 Å². The van der Waals surface area contributed by atoms with Crippen LogP contribution in [0.3, 0.4) is 0 Å². The number of nitro benzene ring substituents is 1. The average Bonchev–Trinajstić information content (AvgIpc) is 2.33. The first kappa shape index (κ1) is 14.5. The van der Waals surface area contributed by atoms with Gasteiger partial charge in [-0.05, 0) is 18.4 Å². The Morgan fingerprint density at radius 1 is 1.45 bits per heavy atom. The number of nitrogens with zero attached hydrogens (tertiary/aromatic N) is 2. The molecule has 1 aliphatic heterocycles. The molecule has 1 N–H and O–H groups in total. The van der Waals surface area contributed by atoms with Gasteiger partial charge in [0.25, 0.3) is 11.6 Å². The molecule has 0 atom stereocenters. The summed E-state index contributed by atoms with van der Waals surface area (Å²) < 4.78 is 0. The molecule has 6 nitrogen and oxygen atoms in total. The van der Waals surface area contributed by atoms with Gasteiger partial charge in [-0.15, -0.1) is 0 Å². The molecule has 2 rings (SSSR count). The molecule has 6 heteroatoms. The maximum atomic E-state index is 12.4. The molecule has 1 aromatic carbocycles. The molecule has 20 heavy (non-hydrogen) atoms. The second-order valence-electron chi connectivity index (χ2n) is 5.65. The number of likely N-dealkylation sites (tertiary alicyclic amines) is 1.